The third kappa shape index (κ3) is 3.23. The summed E-state index contributed by atoms with van der Waals surface area (Å²) in [6.45, 7) is 4.41. The Morgan fingerprint density at radius 1 is 1.40 bits per heavy atom. The molecule has 0 saturated heterocycles. The zero-order chi connectivity index (χ0) is 14.9. The first kappa shape index (κ1) is 15.1. The zero-order valence-corrected chi connectivity index (χ0v) is 12.5. The SMILES string of the molecule is CCOC1CC(Nc2cc(N)cc(S(N)(=O)=O)c2C)C1. The molecule has 1 aliphatic carbocycles. The summed E-state index contributed by atoms with van der Waals surface area (Å²) in [5.74, 6) is 0. The van der Waals surface area contributed by atoms with E-state index in [0.29, 0.717) is 23.5 Å². The number of nitrogens with one attached hydrogen (secondary N) is 1. The molecule has 1 fully saturated rings. The highest BCUT2D eigenvalue weighted by Gasteiger charge is 2.30. The van der Waals surface area contributed by atoms with Crippen LogP contribution in [-0.2, 0) is 14.8 Å². The molecular weight excluding hydrogens is 278 g/mol. The molecule has 1 aromatic carbocycles. The summed E-state index contributed by atoms with van der Waals surface area (Å²) >= 11 is 0. The maximum Gasteiger partial charge on any atom is 0.238 e. The first-order valence-electron chi connectivity index (χ1n) is 6.62. The maximum atomic E-state index is 11.5. The second-order valence-corrected chi connectivity index (χ2v) is 6.66. The molecule has 1 saturated carbocycles. The highest BCUT2D eigenvalue weighted by Crippen LogP contribution is 2.31. The minimum Gasteiger partial charge on any atom is -0.399 e. The number of hydrogen-bond donors (Lipinski definition) is 3. The fraction of sp³-hybridized carbons (Fsp3) is 0.538. The summed E-state index contributed by atoms with van der Waals surface area (Å²) in [5, 5.41) is 8.51. The third-order valence-corrected chi connectivity index (χ3v) is 4.58. The molecule has 0 spiro atoms. The first-order valence-corrected chi connectivity index (χ1v) is 8.17. The average Bonchev–Trinajstić information content (AvgIpc) is 2.29. The first-order chi connectivity index (χ1) is 9.31. The van der Waals surface area contributed by atoms with E-state index in [-0.39, 0.29) is 17.0 Å². The predicted molar refractivity (Wildman–Crippen MR) is 79.0 cm³/mol. The smallest absolute Gasteiger partial charge is 0.238 e. The van der Waals surface area contributed by atoms with Gasteiger partial charge in [-0.1, -0.05) is 0 Å². The Labute approximate surface area is 119 Å². The zero-order valence-electron chi connectivity index (χ0n) is 11.7. The molecule has 1 aromatic rings. The molecule has 7 heteroatoms. The topological polar surface area (TPSA) is 107 Å². The van der Waals surface area contributed by atoms with Crippen molar-refractivity contribution >= 4 is 21.4 Å². The van der Waals surface area contributed by atoms with Crippen LogP contribution in [0.15, 0.2) is 17.0 Å². The van der Waals surface area contributed by atoms with E-state index in [1.54, 1.807) is 13.0 Å². The summed E-state index contributed by atoms with van der Waals surface area (Å²) in [5.41, 5.74) is 7.44. The van der Waals surface area contributed by atoms with Gasteiger partial charge >= 0.3 is 0 Å². The molecule has 2 rings (SSSR count). The molecule has 20 heavy (non-hydrogen) atoms. The van der Waals surface area contributed by atoms with E-state index in [2.05, 4.69) is 5.32 Å². The molecule has 0 aliphatic heterocycles. The van der Waals surface area contributed by atoms with Crippen LogP contribution in [0.5, 0.6) is 0 Å². The molecule has 0 radical (unpaired) electrons. The number of nitrogen functional groups attached to an aromatic ring is 1. The van der Waals surface area contributed by atoms with Crippen LogP contribution in [0.4, 0.5) is 11.4 Å². The molecule has 0 amide bonds. The van der Waals surface area contributed by atoms with Gasteiger partial charge in [-0.3, -0.25) is 0 Å². The standard InChI is InChI=1S/C13H21N3O3S/c1-3-19-11-6-10(7-11)16-12-4-9(14)5-13(8(12)2)20(15,17)18/h4-5,10-11,16H,3,6-7,14H2,1-2H3,(H2,15,17,18). The van der Waals surface area contributed by atoms with Gasteiger partial charge in [-0.25, -0.2) is 13.6 Å². The molecule has 0 atom stereocenters. The van der Waals surface area contributed by atoms with Gasteiger partial charge in [0, 0.05) is 24.0 Å². The van der Waals surface area contributed by atoms with E-state index >= 15 is 0 Å². The molecule has 0 heterocycles. The van der Waals surface area contributed by atoms with Gasteiger partial charge in [0.05, 0.1) is 11.0 Å². The fourth-order valence-corrected chi connectivity index (χ4v) is 3.27. The van der Waals surface area contributed by atoms with Gasteiger partial charge in [-0.2, -0.15) is 0 Å². The van der Waals surface area contributed by atoms with Crippen molar-refractivity contribution in [2.75, 3.05) is 17.7 Å². The van der Waals surface area contributed by atoms with E-state index in [9.17, 15) is 8.42 Å². The van der Waals surface area contributed by atoms with Gasteiger partial charge in [-0.05, 0) is 44.4 Å². The summed E-state index contributed by atoms with van der Waals surface area (Å²) in [6, 6.07) is 3.40. The van der Waals surface area contributed by atoms with Crippen LogP contribution in [0.3, 0.4) is 0 Å². The average molecular weight is 299 g/mol. The van der Waals surface area contributed by atoms with Crippen molar-refractivity contribution in [2.24, 2.45) is 5.14 Å². The number of benzene rings is 1. The number of rotatable bonds is 5. The predicted octanol–water partition coefficient (Wildman–Crippen LogP) is 1.20. The number of ether oxygens (including phenoxy) is 1. The van der Waals surface area contributed by atoms with Crippen LogP contribution < -0.4 is 16.2 Å². The molecule has 6 nitrogen and oxygen atoms in total. The lowest BCUT2D eigenvalue weighted by Crippen LogP contribution is -2.41. The highest BCUT2D eigenvalue weighted by atomic mass is 32.2. The van der Waals surface area contributed by atoms with E-state index in [4.69, 9.17) is 15.6 Å². The molecule has 5 N–H and O–H groups in total. The molecule has 1 aliphatic rings. The van der Waals surface area contributed by atoms with Crippen LogP contribution in [0.2, 0.25) is 0 Å². The Kier molecular flexibility index (Phi) is 4.22. The summed E-state index contributed by atoms with van der Waals surface area (Å²) in [6.07, 6.45) is 2.11. The van der Waals surface area contributed by atoms with Gasteiger partial charge in [0.15, 0.2) is 0 Å². The second kappa shape index (κ2) is 5.59. The van der Waals surface area contributed by atoms with Gasteiger partial charge in [0.2, 0.25) is 10.0 Å². The van der Waals surface area contributed by atoms with Crippen LogP contribution in [-0.4, -0.2) is 27.2 Å². The minimum absolute atomic E-state index is 0.0701. The number of hydrogen-bond acceptors (Lipinski definition) is 5. The monoisotopic (exact) mass is 299 g/mol. The van der Waals surface area contributed by atoms with Crippen molar-refractivity contribution < 1.29 is 13.2 Å². The lowest BCUT2D eigenvalue weighted by molar-refractivity contribution is 0.00298. The number of anilines is 2. The second-order valence-electron chi connectivity index (χ2n) is 5.13. The van der Waals surface area contributed by atoms with E-state index in [0.717, 1.165) is 12.8 Å². The molecule has 112 valence electrons. The lowest BCUT2D eigenvalue weighted by atomic mass is 9.89. The van der Waals surface area contributed by atoms with Crippen LogP contribution in [0, 0.1) is 6.92 Å². The molecular formula is C13H21N3O3S. The third-order valence-electron chi connectivity index (χ3n) is 3.55. The van der Waals surface area contributed by atoms with Crippen molar-refractivity contribution in [1.82, 2.24) is 0 Å². The van der Waals surface area contributed by atoms with E-state index in [1.165, 1.54) is 6.07 Å². The summed E-state index contributed by atoms with van der Waals surface area (Å²) in [7, 11) is -3.77. The molecule has 0 bridgehead atoms. The van der Waals surface area contributed by atoms with Crippen LogP contribution in [0.25, 0.3) is 0 Å². The Hall–Kier alpha value is -1.31. The van der Waals surface area contributed by atoms with Crippen molar-refractivity contribution in [3.05, 3.63) is 17.7 Å². The molecule has 0 aromatic heterocycles. The Morgan fingerprint density at radius 3 is 2.60 bits per heavy atom. The number of primary sulfonamides is 1. The Balaban J connectivity index is 2.15. The van der Waals surface area contributed by atoms with Crippen molar-refractivity contribution in [2.45, 2.75) is 43.7 Å². The van der Waals surface area contributed by atoms with Gasteiger partial charge in [-0.15, -0.1) is 0 Å². The number of sulfonamides is 1. The Morgan fingerprint density at radius 2 is 2.05 bits per heavy atom. The van der Waals surface area contributed by atoms with E-state index < -0.39 is 10.0 Å². The van der Waals surface area contributed by atoms with Gasteiger partial charge < -0.3 is 15.8 Å². The van der Waals surface area contributed by atoms with Gasteiger partial charge in [0.25, 0.3) is 0 Å². The fourth-order valence-electron chi connectivity index (χ4n) is 2.43. The van der Waals surface area contributed by atoms with Crippen molar-refractivity contribution in [3.63, 3.8) is 0 Å². The van der Waals surface area contributed by atoms with E-state index in [1.807, 2.05) is 6.92 Å². The van der Waals surface area contributed by atoms with Crippen molar-refractivity contribution in [3.8, 4) is 0 Å². The van der Waals surface area contributed by atoms with Crippen LogP contribution >= 0.6 is 0 Å². The van der Waals surface area contributed by atoms with Crippen molar-refractivity contribution in [1.29, 1.82) is 0 Å². The minimum atomic E-state index is -3.77. The highest BCUT2D eigenvalue weighted by molar-refractivity contribution is 7.89. The van der Waals surface area contributed by atoms with Gasteiger partial charge in [0.1, 0.15) is 0 Å². The Bertz CT molecular complexity index is 595. The largest absolute Gasteiger partial charge is 0.399 e. The maximum absolute atomic E-state index is 11.5. The summed E-state index contributed by atoms with van der Waals surface area (Å²) in [4.78, 5) is 0.0701. The van der Waals surface area contributed by atoms with Crippen LogP contribution in [0.1, 0.15) is 25.3 Å². The number of nitrogens with two attached hydrogens (primary N) is 2. The normalized spacial score (nSPS) is 22.4. The molecule has 0 unspecified atom stereocenters. The lowest BCUT2D eigenvalue weighted by Gasteiger charge is -2.36. The quantitative estimate of drug-likeness (QED) is 0.708. The summed E-state index contributed by atoms with van der Waals surface area (Å²) < 4.78 is 28.6.